The Morgan fingerprint density at radius 1 is 1.57 bits per heavy atom. The second-order valence-electron chi connectivity index (χ2n) is 5.24. The molecule has 21 heavy (non-hydrogen) atoms. The lowest BCUT2D eigenvalue weighted by Crippen LogP contribution is -2.33. The van der Waals surface area contributed by atoms with Gasteiger partial charge in [-0.15, -0.1) is 6.58 Å². The minimum absolute atomic E-state index is 0.130. The predicted octanol–water partition coefficient (Wildman–Crippen LogP) is 1.22. The molecular weight excluding hydrogens is 288 g/mol. The van der Waals surface area contributed by atoms with Crippen molar-refractivity contribution in [2.24, 2.45) is 0 Å². The molecule has 1 aromatic heterocycles. The third kappa shape index (κ3) is 4.15. The van der Waals surface area contributed by atoms with Crippen molar-refractivity contribution in [1.29, 1.82) is 0 Å². The van der Waals surface area contributed by atoms with Crippen LogP contribution in [0.4, 0.5) is 0 Å². The molecule has 0 aliphatic heterocycles. The van der Waals surface area contributed by atoms with E-state index >= 15 is 0 Å². The van der Waals surface area contributed by atoms with Crippen LogP contribution in [0.5, 0.6) is 0 Å². The highest BCUT2D eigenvalue weighted by Crippen LogP contribution is 2.31. The Labute approximate surface area is 126 Å². The molecular formula is C14H24N4O2S. The minimum Gasteiger partial charge on any atom is -0.317 e. The van der Waals surface area contributed by atoms with E-state index in [2.05, 4.69) is 23.9 Å². The third-order valence-corrected chi connectivity index (χ3v) is 5.34. The molecule has 1 aliphatic carbocycles. The van der Waals surface area contributed by atoms with Crippen LogP contribution in [0.1, 0.15) is 26.2 Å². The quantitative estimate of drug-likeness (QED) is 0.521. The molecule has 7 heteroatoms. The monoisotopic (exact) mass is 312 g/mol. The predicted molar refractivity (Wildman–Crippen MR) is 82.5 cm³/mol. The van der Waals surface area contributed by atoms with E-state index in [-0.39, 0.29) is 10.9 Å². The van der Waals surface area contributed by atoms with E-state index in [1.807, 2.05) is 0 Å². The topological polar surface area (TPSA) is 67.2 Å². The summed E-state index contributed by atoms with van der Waals surface area (Å²) >= 11 is 0. The van der Waals surface area contributed by atoms with Gasteiger partial charge in [-0.25, -0.2) is 8.42 Å². The van der Waals surface area contributed by atoms with Gasteiger partial charge in [0.1, 0.15) is 4.90 Å². The summed E-state index contributed by atoms with van der Waals surface area (Å²) in [6.45, 7) is 8.63. The smallest absolute Gasteiger partial charge is 0.246 e. The van der Waals surface area contributed by atoms with Gasteiger partial charge in [-0.05, 0) is 32.4 Å². The maximum Gasteiger partial charge on any atom is 0.246 e. The summed E-state index contributed by atoms with van der Waals surface area (Å²) in [5, 5.41) is 7.39. The molecule has 0 unspecified atom stereocenters. The first-order valence-corrected chi connectivity index (χ1v) is 8.89. The van der Waals surface area contributed by atoms with E-state index in [1.165, 1.54) is 10.5 Å². The lowest BCUT2D eigenvalue weighted by atomic mass is 10.4. The van der Waals surface area contributed by atoms with E-state index in [1.54, 1.807) is 17.0 Å². The molecule has 0 amide bonds. The Bertz CT molecular complexity index is 563. The molecule has 0 atom stereocenters. The fourth-order valence-electron chi connectivity index (χ4n) is 2.21. The van der Waals surface area contributed by atoms with Gasteiger partial charge in [0.2, 0.25) is 10.0 Å². The van der Waals surface area contributed by atoms with Crippen molar-refractivity contribution in [2.45, 2.75) is 43.7 Å². The second-order valence-corrected chi connectivity index (χ2v) is 7.13. The maximum atomic E-state index is 12.6. The summed E-state index contributed by atoms with van der Waals surface area (Å²) < 4.78 is 28.4. The Morgan fingerprint density at radius 2 is 2.33 bits per heavy atom. The third-order valence-electron chi connectivity index (χ3n) is 3.47. The summed E-state index contributed by atoms with van der Waals surface area (Å²) in [6, 6.07) is 0.130. The lowest BCUT2D eigenvalue weighted by molar-refractivity contribution is 0.435. The summed E-state index contributed by atoms with van der Waals surface area (Å²) in [6.07, 6.45) is 7.50. The molecule has 0 aromatic carbocycles. The minimum atomic E-state index is -3.45. The highest BCUT2D eigenvalue weighted by molar-refractivity contribution is 7.89. The Kier molecular flexibility index (Phi) is 5.55. The van der Waals surface area contributed by atoms with Crippen molar-refractivity contribution in [3.63, 3.8) is 0 Å². The zero-order valence-corrected chi connectivity index (χ0v) is 13.3. The molecule has 118 valence electrons. The van der Waals surface area contributed by atoms with Crippen molar-refractivity contribution < 1.29 is 8.42 Å². The molecule has 1 fully saturated rings. The van der Waals surface area contributed by atoms with Crippen LogP contribution < -0.4 is 5.32 Å². The van der Waals surface area contributed by atoms with Crippen LogP contribution in [-0.4, -0.2) is 48.2 Å². The lowest BCUT2D eigenvalue weighted by Gasteiger charge is -2.18. The maximum absolute atomic E-state index is 12.6. The van der Waals surface area contributed by atoms with Gasteiger partial charge in [0.25, 0.3) is 0 Å². The number of aryl methyl sites for hydroxylation is 1. The van der Waals surface area contributed by atoms with Gasteiger partial charge in [-0.3, -0.25) is 4.68 Å². The van der Waals surface area contributed by atoms with E-state index in [9.17, 15) is 8.42 Å². The average molecular weight is 312 g/mol. The van der Waals surface area contributed by atoms with Crippen LogP contribution in [-0.2, 0) is 16.6 Å². The van der Waals surface area contributed by atoms with E-state index in [0.717, 1.165) is 32.4 Å². The standard InChI is InChI=1S/C14H24N4O2S/c1-3-9-18(13-6-7-13)21(19,20)14-11-16-17(12-14)10-5-8-15-4-2/h3,11-13,15H,1,4-10H2,2H3. The first-order valence-electron chi connectivity index (χ1n) is 7.45. The van der Waals surface area contributed by atoms with E-state index in [4.69, 9.17) is 0 Å². The van der Waals surface area contributed by atoms with Crippen molar-refractivity contribution in [3.8, 4) is 0 Å². The van der Waals surface area contributed by atoms with Crippen molar-refractivity contribution >= 4 is 10.0 Å². The van der Waals surface area contributed by atoms with Crippen LogP contribution in [0.2, 0.25) is 0 Å². The number of hydrogen-bond donors (Lipinski definition) is 1. The van der Waals surface area contributed by atoms with Gasteiger partial charge in [-0.2, -0.15) is 9.40 Å². The van der Waals surface area contributed by atoms with E-state index < -0.39 is 10.0 Å². The highest BCUT2D eigenvalue weighted by Gasteiger charge is 2.37. The zero-order valence-electron chi connectivity index (χ0n) is 12.5. The normalized spacial score (nSPS) is 15.5. The molecule has 0 bridgehead atoms. The Hall–Kier alpha value is -1.18. The first-order chi connectivity index (χ1) is 10.1. The SMILES string of the molecule is C=CCN(C1CC1)S(=O)(=O)c1cnn(CCCNCC)c1. The fraction of sp³-hybridized carbons (Fsp3) is 0.643. The van der Waals surface area contributed by atoms with Gasteiger partial charge in [0, 0.05) is 25.3 Å². The largest absolute Gasteiger partial charge is 0.317 e. The molecule has 2 rings (SSSR count). The molecule has 1 aliphatic rings. The molecule has 0 spiro atoms. The summed E-state index contributed by atoms with van der Waals surface area (Å²) in [5.74, 6) is 0. The molecule has 1 saturated carbocycles. The molecule has 1 heterocycles. The highest BCUT2D eigenvalue weighted by atomic mass is 32.2. The van der Waals surface area contributed by atoms with Gasteiger partial charge >= 0.3 is 0 Å². The van der Waals surface area contributed by atoms with Crippen LogP contribution in [0.3, 0.4) is 0 Å². The van der Waals surface area contributed by atoms with Gasteiger partial charge in [0.15, 0.2) is 0 Å². The van der Waals surface area contributed by atoms with Gasteiger partial charge in [-0.1, -0.05) is 13.0 Å². The number of rotatable bonds is 10. The summed E-state index contributed by atoms with van der Waals surface area (Å²) in [5.41, 5.74) is 0. The summed E-state index contributed by atoms with van der Waals surface area (Å²) in [4.78, 5) is 0.278. The van der Waals surface area contributed by atoms with E-state index in [0.29, 0.717) is 13.1 Å². The van der Waals surface area contributed by atoms with Crippen molar-refractivity contribution in [2.75, 3.05) is 19.6 Å². The van der Waals surface area contributed by atoms with Gasteiger partial charge < -0.3 is 5.32 Å². The number of nitrogens with one attached hydrogen (secondary N) is 1. The Morgan fingerprint density at radius 3 is 2.95 bits per heavy atom. The van der Waals surface area contributed by atoms with Crippen LogP contribution >= 0.6 is 0 Å². The number of hydrogen-bond acceptors (Lipinski definition) is 4. The van der Waals surface area contributed by atoms with Crippen LogP contribution in [0.15, 0.2) is 29.9 Å². The second kappa shape index (κ2) is 7.20. The van der Waals surface area contributed by atoms with Crippen molar-refractivity contribution in [3.05, 3.63) is 25.0 Å². The first kappa shape index (κ1) is 16.2. The number of aromatic nitrogens is 2. The molecule has 1 N–H and O–H groups in total. The van der Waals surface area contributed by atoms with Crippen LogP contribution in [0.25, 0.3) is 0 Å². The van der Waals surface area contributed by atoms with Gasteiger partial charge in [0.05, 0.1) is 6.20 Å². The fourth-order valence-corrected chi connectivity index (χ4v) is 3.82. The molecule has 0 radical (unpaired) electrons. The Balaban J connectivity index is 2.02. The molecule has 0 saturated heterocycles. The molecule has 1 aromatic rings. The average Bonchev–Trinajstić information content (AvgIpc) is 3.17. The number of nitrogens with zero attached hydrogens (tertiary/aromatic N) is 3. The van der Waals surface area contributed by atoms with Crippen molar-refractivity contribution in [1.82, 2.24) is 19.4 Å². The zero-order chi connectivity index (χ0) is 15.3. The summed E-state index contributed by atoms with van der Waals surface area (Å²) in [7, 11) is -3.45. The number of sulfonamides is 1. The van der Waals surface area contributed by atoms with Crippen LogP contribution in [0, 0.1) is 0 Å². The molecule has 6 nitrogen and oxygen atoms in total.